The van der Waals surface area contributed by atoms with Gasteiger partial charge in [0.2, 0.25) is 10.0 Å². The van der Waals surface area contributed by atoms with Gasteiger partial charge in [-0.2, -0.15) is 5.26 Å². The van der Waals surface area contributed by atoms with Crippen molar-refractivity contribution in [3.63, 3.8) is 0 Å². The normalized spacial score (nSPS) is 12.9. The Bertz CT molecular complexity index is 573. The quantitative estimate of drug-likeness (QED) is 0.656. The maximum Gasteiger partial charge on any atom is 0.325 e. The fourth-order valence-electron chi connectivity index (χ4n) is 1.00. The molecule has 0 fully saturated rings. The van der Waals surface area contributed by atoms with Crippen LogP contribution in [0.5, 0.6) is 0 Å². The number of carboxylic acids is 1. The van der Waals surface area contributed by atoms with E-state index in [4.69, 9.17) is 10.4 Å². The first-order chi connectivity index (χ1) is 8.35. The molecule has 9 nitrogen and oxygen atoms in total. The molecule has 0 spiro atoms. The summed E-state index contributed by atoms with van der Waals surface area (Å²) in [5, 5.41) is 22.9. The lowest BCUT2D eigenvalue weighted by Gasteiger charge is -2.05. The number of sulfonamides is 1. The lowest BCUT2D eigenvalue weighted by molar-refractivity contribution is -0.137. The first-order valence-electron chi connectivity index (χ1n) is 4.84. The van der Waals surface area contributed by atoms with Crippen molar-refractivity contribution in [2.45, 2.75) is 25.3 Å². The number of nitrogens with one attached hydrogen (secondary N) is 1. The smallest absolute Gasteiger partial charge is 0.325 e. The molecule has 0 saturated heterocycles. The first kappa shape index (κ1) is 14.1. The highest BCUT2D eigenvalue weighted by atomic mass is 32.2. The van der Waals surface area contributed by atoms with Crippen LogP contribution < -0.4 is 4.72 Å². The SMILES string of the molecule is CC(C#N)S(=O)(=O)NCc1cn(CC(=O)O)nn1. The van der Waals surface area contributed by atoms with Crippen molar-refractivity contribution in [1.29, 1.82) is 5.26 Å². The Morgan fingerprint density at radius 3 is 2.94 bits per heavy atom. The molecule has 1 aromatic heterocycles. The summed E-state index contributed by atoms with van der Waals surface area (Å²) in [7, 11) is -3.73. The predicted molar refractivity (Wildman–Crippen MR) is 58.5 cm³/mol. The van der Waals surface area contributed by atoms with Gasteiger partial charge in [-0.3, -0.25) is 4.79 Å². The fourth-order valence-corrected chi connectivity index (χ4v) is 1.74. The molecule has 0 amide bonds. The van der Waals surface area contributed by atoms with E-state index in [2.05, 4.69) is 15.0 Å². The molecule has 0 aliphatic heterocycles. The lowest BCUT2D eigenvalue weighted by atomic mass is 10.5. The minimum Gasteiger partial charge on any atom is -0.480 e. The van der Waals surface area contributed by atoms with E-state index in [1.54, 1.807) is 6.07 Å². The monoisotopic (exact) mass is 273 g/mol. The Hall–Kier alpha value is -1.99. The van der Waals surface area contributed by atoms with Crippen LogP contribution in [0.2, 0.25) is 0 Å². The number of carboxylic acid groups (broad SMARTS) is 1. The fraction of sp³-hybridized carbons (Fsp3) is 0.500. The van der Waals surface area contributed by atoms with Gasteiger partial charge in [-0.05, 0) is 6.92 Å². The summed E-state index contributed by atoms with van der Waals surface area (Å²) in [4.78, 5) is 10.4. The zero-order valence-electron chi connectivity index (χ0n) is 9.44. The number of aromatic nitrogens is 3. The van der Waals surface area contributed by atoms with Crippen LogP contribution in [-0.2, 0) is 27.9 Å². The molecular formula is C8H11N5O4S. The third kappa shape index (κ3) is 3.79. The van der Waals surface area contributed by atoms with Crippen LogP contribution >= 0.6 is 0 Å². The summed E-state index contributed by atoms with van der Waals surface area (Å²) in [6.07, 6.45) is 1.31. The number of nitriles is 1. The van der Waals surface area contributed by atoms with Crippen LogP contribution in [0.4, 0.5) is 0 Å². The molecule has 0 aromatic carbocycles. The van der Waals surface area contributed by atoms with Gasteiger partial charge in [-0.1, -0.05) is 5.21 Å². The lowest BCUT2D eigenvalue weighted by Crippen LogP contribution is -2.31. The van der Waals surface area contributed by atoms with Gasteiger partial charge >= 0.3 is 5.97 Å². The van der Waals surface area contributed by atoms with Crippen LogP contribution in [-0.4, -0.2) is 39.7 Å². The summed E-state index contributed by atoms with van der Waals surface area (Å²) < 4.78 is 26.1. The molecule has 2 N–H and O–H groups in total. The molecule has 1 unspecified atom stereocenters. The maximum absolute atomic E-state index is 11.4. The summed E-state index contributed by atoms with van der Waals surface area (Å²) in [5.41, 5.74) is 0.268. The molecule has 0 aliphatic rings. The highest BCUT2D eigenvalue weighted by Crippen LogP contribution is 1.99. The molecule has 1 heterocycles. The average molecular weight is 273 g/mol. The van der Waals surface area contributed by atoms with Crippen LogP contribution in [0.1, 0.15) is 12.6 Å². The van der Waals surface area contributed by atoms with Crippen molar-refractivity contribution >= 4 is 16.0 Å². The first-order valence-corrected chi connectivity index (χ1v) is 6.38. The third-order valence-electron chi connectivity index (χ3n) is 1.99. The Balaban J connectivity index is 2.62. The molecule has 0 saturated carbocycles. The van der Waals surface area contributed by atoms with E-state index in [1.165, 1.54) is 13.1 Å². The minimum absolute atomic E-state index is 0.145. The Morgan fingerprint density at radius 1 is 1.72 bits per heavy atom. The van der Waals surface area contributed by atoms with Gasteiger partial charge in [0.05, 0.1) is 24.5 Å². The molecule has 1 atom stereocenters. The number of nitrogens with zero attached hydrogens (tertiary/aromatic N) is 4. The predicted octanol–water partition coefficient (Wildman–Crippen LogP) is -1.31. The molecule has 10 heteroatoms. The van der Waals surface area contributed by atoms with Crippen LogP contribution in [0.15, 0.2) is 6.20 Å². The zero-order valence-corrected chi connectivity index (χ0v) is 10.3. The third-order valence-corrected chi connectivity index (χ3v) is 3.57. The Labute approximate surface area is 103 Å². The van der Waals surface area contributed by atoms with Gasteiger partial charge in [-0.15, -0.1) is 5.10 Å². The topological polar surface area (TPSA) is 138 Å². The van der Waals surface area contributed by atoms with E-state index in [-0.39, 0.29) is 18.8 Å². The van der Waals surface area contributed by atoms with Crippen LogP contribution in [0.3, 0.4) is 0 Å². The van der Waals surface area contributed by atoms with E-state index in [0.717, 1.165) is 4.68 Å². The van der Waals surface area contributed by atoms with E-state index in [9.17, 15) is 13.2 Å². The summed E-state index contributed by atoms with van der Waals surface area (Å²) in [6.45, 7) is 0.756. The Morgan fingerprint density at radius 2 is 2.39 bits per heavy atom. The van der Waals surface area contributed by atoms with E-state index < -0.39 is 21.2 Å². The van der Waals surface area contributed by atoms with Gasteiger partial charge in [0.1, 0.15) is 6.54 Å². The second-order valence-electron chi connectivity index (χ2n) is 3.44. The zero-order chi connectivity index (χ0) is 13.8. The molecule has 0 bridgehead atoms. The molecule has 0 radical (unpaired) electrons. The summed E-state index contributed by atoms with van der Waals surface area (Å²) >= 11 is 0. The van der Waals surface area contributed by atoms with Crippen molar-refractivity contribution in [2.24, 2.45) is 0 Å². The second-order valence-corrected chi connectivity index (χ2v) is 5.52. The van der Waals surface area contributed by atoms with Crippen molar-refractivity contribution in [1.82, 2.24) is 19.7 Å². The summed E-state index contributed by atoms with van der Waals surface area (Å²) in [6, 6.07) is 1.60. The largest absolute Gasteiger partial charge is 0.480 e. The Kier molecular flexibility index (Phi) is 4.35. The van der Waals surface area contributed by atoms with Crippen molar-refractivity contribution < 1.29 is 18.3 Å². The average Bonchev–Trinajstić information content (AvgIpc) is 2.72. The summed E-state index contributed by atoms with van der Waals surface area (Å²) in [5.74, 6) is -1.08. The standard InChI is InChI=1S/C8H11N5O4S/c1-6(2-9)18(16,17)10-3-7-4-13(12-11-7)5-8(14)15/h4,6,10H,3,5H2,1H3,(H,14,15). The molecule has 1 aromatic rings. The van der Waals surface area contributed by atoms with Crippen molar-refractivity contribution in [3.8, 4) is 6.07 Å². The molecule has 18 heavy (non-hydrogen) atoms. The van der Waals surface area contributed by atoms with Gasteiger partial charge in [0.15, 0.2) is 5.25 Å². The van der Waals surface area contributed by atoms with Crippen molar-refractivity contribution in [3.05, 3.63) is 11.9 Å². The van der Waals surface area contributed by atoms with E-state index >= 15 is 0 Å². The van der Waals surface area contributed by atoms with Gasteiger partial charge in [-0.25, -0.2) is 17.8 Å². The van der Waals surface area contributed by atoms with Gasteiger partial charge in [0, 0.05) is 0 Å². The number of carbonyl (C=O) groups is 1. The number of rotatable bonds is 6. The molecule has 98 valence electrons. The van der Waals surface area contributed by atoms with E-state index in [1.807, 2.05) is 0 Å². The van der Waals surface area contributed by atoms with E-state index in [0.29, 0.717) is 0 Å². The number of hydrogen-bond acceptors (Lipinski definition) is 6. The van der Waals surface area contributed by atoms with Gasteiger partial charge < -0.3 is 5.11 Å². The van der Waals surface area contributed by atoms with Gasteiger partial charge in [0.25, 0.3) is 0 Å². The van der Waals surface area contributed by atoms with Crippen molar-refractivity contribution in [2.75, 3.05) is 0 Å². The highest BCUT2D eigenvalue weighted by Gasteiger charge is 2.19. The minimum atomic E-state index is -3.73. The second kappa shape index (κ2) is 5.56. The number of aliphatic carboxylic acids is 1. The molecular weight excluding hydrogens is 262 g/mol. The highest BCUT2D eigenvalue weighted by molar-refractivity contribution is 7.90. The number of hydrogen-bond donors (Lipinski definition) is 2. The van der Waals surface area contributed by atoms with Crippen LogP contribution in [0.25, 0.3) is 0 Å². The molecule has 1 rings (SSSR count). The van der Waals surface area contributed by atoms with Crippen LogP contribution in [0, 0.1) is 11.3 Å². The molecule has 0 aliphatic carbocycles. The maximum atomic E-state index is 11.4.